The number of unbranched alkanes of at least 4 members (excludes halogenated alkanes) is 2. The van der Waals surface area contributed by atoms with Gasteiger partial charge in [-0.25, -0.2) is 9.97 Å². The second-order valence-electron chi connectivity index (χ2n) is 7.19. The molecule has 0 atom stereocenters. The molecule has 2 aromatic rings. The third-order valence-electron chi connectivity index (χ3n) is 4.60. The van der Waals surface area contributed by atoms with Gasteiger partial charge in [-0.15, -0.1) is 0 Å². The van der Waals surface area contributed by atoms with Gasteiger partial charge in [0.1, 0.15) is 6.54 Å². The van der Waals surface area contributed by atoms with Crippen molar-refractivity contribution in [3.63, 3.8) is 0 Å². The fourth-order valence-electron chi connectivity index (χ4n) is 2.87. The number of ether oxygens (including phenoxy) is 1. The van der Waals surface area contributed by atoms with Crippen molar-refractivity contribution >= 4 is 23.0 Å². The minimum Gasteiger partial charge on any atom is -0.480 e. The number of hydrogen-bond donors (Lipinski definition) is 0. The predicted molar refractivity (Wildman–Crippen MR) is 107 cm³/mol. The van der Waals surface area contributed by atoms with Gasteiger partial charge in [-0.2, -0.15) is 4.98 Å². The van der Waals surface area contributed by atoms with E-state index < -0.39 is 0 Å². The molecule has 0 aliphatic rings. The number of Topliss-reactive ketones (excluding diaryl/α,β-unsaturated/α-hetero) is 1. The highest BCUT2D eigenvalue weighted by atomic mass is 16.5. The van der Waals surface area contributed by atoms with E-state index in [1.54, 1.807) is 4.57 Å². The van der Waals surface area contributed by atoms with E-state index in [0.717, 1.165) is 25.7 Å². The van der Waals surface area contributed by atoms with Gasteiger partial charge in [0.15, 0.2) is 17.1 Å². The minimum absolute atomic E-state index is 0.0135. The van der Waals surface area contributed by atoms with Crippen molar-refractivity contribution in [1.29, 1.82) is 0 Å². The number of hydrogen-bond acceptors (Lipinski definition) is 6. The average Bonchev–Trinajstić information content (AvgIpc) is 3.04. The van der Waals surface area contributed by atoms with Gasteiger partial charge >= 0.3 is 0 Å². The highest BCUT2D eigenvalue weighted by molar-refractivity contribution is 5.97. The summed E-state index contributed by atoms with van der Waals surface area (Å²) in [4.78, 5) is 40.6. The van der Waals surface area contributed by atoms with Crippen molar-refractivity contribution < 1.29 is 14.3 Å². The molecule has 1 amide bonds. The van der Waals surface area contributed by atoms with Crippen molar-refractivity contribution in [1.82, 2.24) is 24.4 Å². The fourth-order valence-corrected chi connectivity index (χ4v) is 2.87. The molecule has 0 saturated carbocycles. The molecule has 154 valence electrons. The molecular formula is C20H31N5O3. The lowest BCUT2D eigenvalue weighted by Crippen LogP contribution is -2.36. The number of ketones is 1. The maximum Gasteiger partial charge on any atom is 0.242 e. The molecule has 8 nitrogen and oxygen atoms in total. The summed E-state index contributed by atoms with van der Waals surface area (Å²) in [5, 5.41) is 0. The molecule has 2 rings (SSSR count). The first-order chi connectivity index (χ1) is 13.4. The molecule has 0 bridgehead atoms. The number of fused-ring (bicyclic) bond motifs is 1. The Bertz CT molecular complexity index is 808. The summed E-state index contributed by atoms with van der Waals surface area (Å²) in [6.45, 7) is 9.27. The van der Waals surface area contributed by atoms with E-state index in [2.05, 4.69) is 28.8 Å². The first-order valence-corrected chi connectivity index (χ1v) is 10.0. The van der Waals surface area contributed by atoms with Crippen LogP contribution in [-0.2, 0) is 11.3 Å². The number of aromatic nitrogens is 4. The molecule has 0 unspecified atom stereocenters. The van der Waals surface area contributed by atoms with Crippen LogP contribution in [0.15, 0.2) is 6.20 Å². The number of carbonyl (C=O) groups excluding carboxylic acids is 2. The highest BCUT2D eigenvalue weighted by Gasteiger charge is 2.25. The molecule has 0 aliphatic carbocycles. The van der Waals surface area contributed by atoms with Crippen LogP contribution in [0, 0.1) is 5.92 Å². The number of methoxy groups -OCH3 is 1. The van der Waals surface area contributed by atoms with Crippen molar-refractivity contribution in [2.45, 2.75) is 59.9 Å². The first kappa shape index (κ1) is 21.8. The predicted octanol–water partition coefficient (Wildman–Crippen LogP) is 3.10. The van der Waals surface area contributed by atoms with E-state index in [-0.39, 0.29) is 30.0 Å². The molecule has 8 heteroatoms. The second-order valence-corrected chi connectivity index (χ2v) is 7.19. The van der Waals surface area contributed by atoms with Gasteiger partial charge in [0, 0.05) is 19.0 Å². The summed E-state index contributed by atoms with van der Waals surface area (Å²) in [7, 11) is 1.50. The number of nitrogens with zero attached hydrogens (tertiary/aromatic N) is 5. The van der Waals surface area contributed by atoms with Crippen LogP contribution in [-0.4, -0.2) is 56.3 Å². The molecule has 0 fully saturated rings. The van der Waals surface area contributed by atoms with Crippen LogP contribution in [0.2, 0.25) is 0 Å². The zero-order chi connectivity index (χ0) is 20.7. The lowest BCUT2D eigenvalue weighted by molar-refractivity contribution is -0.132. The van der Waals surface area contributed by atoms with E-state index >= 15 is 0 Å². The summed E-state index contributed by atoms with van der Waals surface area (Å²) in [5.41, 5.74) is 0.730. The lowest BCUT2D eigenvalue weighted by atomic mass is 10.1. The zero-order valence-electron chi connectivity index (χ0n) is 17.6. The number of imidazole rings is 1. The Kier molecular flexibility index (Phi) is 7.90. The number of rotatable bonds is 11. The molecule has 2 heterocycles. The zero-order valence-corrected chi connectivity index (χ0v) is 17.6. The molecule has 0 aromatic carbocycles. The Labute approximate surface area is 166 Å². The van der Waals surface area contributed by atoms with E-state index in [0.29, 0.717) is 30.3 Å². The Hall–Kier alpha value is -2.51. The number of carbonyl (C=O) groups is 2. The largest absolute Gasteiger partial charge is 0.480 e. The molecule has 28 heavy (non-hydrogen) atoms. The van der Waals surface area contributed by atoms with E-state index in [1.807, 2.05) is 18.7 Å². The lowest BCUT2D eigenvalue weighted by Gasteiger charge is -2.23. The highest BCUT2D eigenvalue weighted by Crippen LogP contribution is 2.19. The van der Waals surface area contributed by atoms with Crippen LogP contribution in [0.5, 0.6) is 5.88 Å². The third kappa shape index (κ3) is 5.05. The molecule has 2 aromatic heterocycles. The van der Waals surface area contributed by atoms with Crippen molar-refractivity contribution in [2.24, 2.45) is 5.92 Å². The summed E-state index contributed by atoms with van der Waals surface area (Å²) < 4.78 is 6.74. The van der Waals surface area contributed by atoms with Crippen LogP contribution < -0.4 is 4.74 Å². The molecular weight excluding hydrogens is 358 g/mol. The van der Waals surface area contributed by atoms with E-state index in [1.165, 1.54) is 13.3 Å². The average molecular weight is 390 g/mol. The maximum atomic E-state index is 13.1. The fraction of sp³-hybridized carbons (Fsp3) is 0.650. The van der Waals surface area contributed by atoms with Gasteiger partial charge < -0.3 is 9.64 Å². The van der Waals surface area contributed by atoms with Crippen LogP contribution in [0.4, 0.5) is 0 Å². The summed E-state index contributed by atoms with van der Waals surface area (Å²) >= 11 is 0. The maximum absolute atomic E-state index is 13.1. The summed E-state index contributed by atoms with van der Waals surface area (Å²) in [5.74, 6) is 0.115. The molecule has 0 spiro atoms. The normalized spacial score (nSPS) is 11.2. The smallest absolute Gasteiger partial charge is 0.242 e. The standard InChI is InChI=1S/C20H31N5O3/c1-6-8-10-24(11-9-7-2)16(26)13-25-19(17(27)14(3)4)23-18-20(25)22-15(28-5)12-21-18/h12,14H,6-11,13H2,1-5H3. The molecule has 0 saturated heterocycles. The summed E-state index contributed by atoms with van der Waals surface area (Å²) in [6, 6.07) is 0. The van der Waals surface area contributed by atoms with Crippen molar-refractivity contribution in [3.05, 3.63) is 12.0 Å². The topological polar surface area (TPSA) is 90.2 Å². The molecule has 0 N–H and O–H groups in total. The van der Waals surface area contributed by atoms with Crippen LogP contribution in [0.1, 0.15) is 64.0 Å². The Morgan fingerprint density at radius 3 is 2.32 bits per heavy atom. The van der Waals surface area contributed by atoms with Crippen LogP contribution >= 0.6 is 0 Å². The van der Waals surface area contributed by atoms with Gasteiger partial charge in [0.05, 0.1) is 13.3 Å². The SMILES string of the molecule is CCCCN(CCCC)C(=O)Cn1c(C(=O)C(C)C)nc2ncc(OC)nc21. The van der Waals surface area contributed by atoms with Crippen LogP contribution in [0.25, 0.3) is 11.3 Å². The van der Waals surface area contributed by atoms with Gasteiger partial charge in [0.2, 0.25) is 17.6 Å². The quantitative estimate of drug-likeness (QED) is 0.549. The molecule has 0 aliphatic heterocycles. The first-order valence-electron chi connectivity index (χ1n) is 10.0. The van der Waals surface area contributed by atoms with Crippen molar-refractivity contribution in [2.75, 3.05) is 20.2 Å². The van der Waals surface area contributed by atoms with Gasteiger partial charge in [-0.1, -0.05) is 40.5 Å². The minimum atomic E-state index is -0.246. The van der Waals surface area contributed by atoms with Gasteiger partial charge in [-0.3, -0.25) is 14.2 Å². The third-order valence-corrected chi connectivity index (χ3v) is 4.60. The summed E-state index contributed by atoms with van der Waals surface area (Å²) in [6.07, 6.45) is 5.39. The molecule has 0 radical (unpaired) electrons. The van der Waals surface area contributed by atoms with E-state index in [4.69, 9.17) is 4.74 Å². The Morgan fingerprint density at radius 1 is 1.14 bits per heavy atom. The van der Waals surface area contributed by atoms with Gasteiger partial charge in [0.25, 0.3) is 0 Å². The van der Waals surface area contributed by atoms with Gasteiger partial charge in [-0.05, 0) is 12.8 Å². The second kappa shape index (κ2) is 10.1. The Balaban J connectivity index is 2.42. The number of amides is 1. The monoisotopic (exact) mass is 389 g/mol. The van der Waals surface area contributed by atoms with Crippen LogP contribution in [0.3, 0.4) is 0 Å². The van der Waals surface area contributed by atoms with E-state index in [9.17, 15) is 9.59 Å². The van der Waals surface area contributed by atoms with Crippen molar-refractivity contribution in [3.8, 4) is 5.88 Å². The Morgan fingerprint density at radius 2 is 1.79 bits per heavy atom.